The van der Waals surface area contributed by atoms with Crippen LogP contribution in [0.25, 0.3) is 0 Å². The Morgan fingerprint density at radius 2 is 1.25 bits per heavy atom. The van der Waals surface area contributed by atoms with Crippen molar-refractivity contribution in [3.63, 3.8) is 0 Å². The highest BCUT2D eigenvalue weighted by Crippen LogP contribution is 1.99. The standard InChI is InChI=1S/C4H8N2O2/c1-3(5-7)4(2)6-8/h3-4H,1-2H3/t3-,4-/m0/s1. The molecule has 0 aromatic rings. The number of hydrogen-bond donors (Lipinski definition) is 0. The molecule has 0 aliphatic carbocycles. The first-order chi connectivity index (χ1) is 3.72. The molecule has 0 saturated heterocycles. The quantitative estimate of drug-likeness (QED) is 0.521. The van der Waals surface area contributed by atoms with Crippen LogP contribution >= 0.6 is 0 Å². The molecule has 0 rings (SSSR count). The van der Waals surface area contributed by atoms with Crippen LogP contribution < -0.4 is 0 Å². The molecule has 0 N–H and O–H groups in total. The van der Waals surface area contributed by atoms with E-state index >= 15 is 0 Å². The minimum atomic E-state index is -0.493. The summed E-state index contributed by atoms with van der Waals surface area (Å²) in [7, 11) is 0. The van der Waals surface area contributed by atoms with Gasteiger partial charge in [0.2, 0.25) is 0 Å². The number of nitrogens with zero attached hydrogens (tertiary/aromatic N) is 2. The predicted octanol–water partition coefficient (Wildman–Crippen LogP) is 1.30. The molecule has 0 aliphatic rings. The van der Waals surface area contributed by atoms with Gasteiger partial charge in [0.05, 0.1) is 0 Å². The Labute approximate surface area is 47.2 Å². The Kier molecular flexibility index (Phi) is 2.91. The van der Waals surface area contributed by atoms with E-state index < -0.39 is 12.1 Å². The van der Waals surface area contributed by atoms with E-state index in [2.05, 4.69) is 10.4 Å². The Balaban J connectivity index is 3.60. The zero-order valence-electron chi connectivity index (χ0n) is 4.87. The summed E-state index contributed by atoms with van der Waals surface area (Å²) in [6.45, 7) is 3.11. The summed E-state index contributed by atoms with van der Waals surface area (Å²) in [6.07, 6.45) is 0. The van der Waals surface area contributed by atoms with Crippen LogP contribution in [-0.4, -0.2) is 12.1 Å². The van der Waals surface area contributed by atoms with Crippen LogP contribution in [0.15, 0.2) is 10.4 Å². The molecule has 0 radical (unpaired) electrons. The molecule has 0 aromatic carbocycles. The lowest BCUT2D eigenvalue weighted by Gasteiger charge is -2.00. The minimum Gasteiger partial charge on any atom is -0.150 e. The van der Waals surface area contributed by atoms with Gasteiger partial charge >= 0.3 is 0 Å². The summed E-state index contributed by atoms with van der Waals surface area (Å²) >= 11 is 0. The van der Waals surface area contributed by atoms with Gasteiger partial charge in [-0.05, 0) is 13.8 Å². The maximum Gasteiger partial charge on any atom is 0.115 e. The van der Waals surface area contributed by atoms with Crippen molar-refractivity contribution in [2.45, 2.75) is 25.9 Å². The SMILES string of the molecule is C[C@H](N=O)[C@H](C)N=O. The monoisotopic (exact) mass is 116 g/mol. The summed E-state index contributed by atoms with van der Waals surface area (Å²) in [5.74, 6) is 0. The van der Waals surface area contributed by atoms with Gasteiger partial charge in [-0.2, -0.15) is 9.81 Å². The number of nitroso groups, excluding NO2 is 2. The van der Waals surface area contributed by atoms with E-state index in [9.17, 15) is 9.81 Å². The minimum absolute atomic E-state index is 0.493. The summed E-state index contributed by atoms with van der Waals surface area (Å²) in [5.41, 5.74) is 0. The fraction of sp³-hybridized carbons (Fsp3) is 1.00. The molecule has 0 unspecified atom stereocenters. The molecule has 0 spiro atoms. The van der Waals surface area contributed by atoms with Crippen molar-refractivity contribution in [2.24, 2.45) is 10.4 Å². The highest BCUT2D eigenvalue weighted by Gasteiger charge is 2.10. The van der Waals surface area contributed by atoms with E-state index in [1.165, 1.54) is 0 Å². The Bertz CT molecular complexity index is 82.0. The third kappa shape index (κ3) is 1.77. The molecule has 0 saturated carbocycles. The molecule has 0 aliphatic heterocycles. The lowest BCUT2D eigenvalue weighted by atomic mass is 10.2. The van der Waals surface area contributed by atoms with E-state index in [-0.39, 0.29) is 0 Å². The lowest BCUT2D eigenvalue weighted by molar-refractivity contribution is 0.600. The van der Waals surface area contributed by atoms with Crippen LogP contribution in [0.3, 0.4) is 0 Å². The van der Waals surface area contributed by atoms with Crippen LogP contribution in [0, 0.1) is 9.81 Å². The van der Waals surface area contributed by atoms with Crippen LogP contribution in [0.4, 0.5) is 0 Å². The maximum absolute atomic E-state index is 9.66. The second-order valence-electron chi connectivity index (χ2n) is 1.69. The van der Waals surface area contributed by atoms with Crippen LogP contribution in [0.1, 0.15) is 13.8 Å². The molecule has 2 atom stereocenters. The molecule has 4 nitrogen and oxygen atoms in total. The maximum atomic E-state index is 9.66. The summed E-state index contributed by atoms with van der Waals surface area (Å²) in [4.78, 5) is 19.3. The Morgan fingerprint density at radius 1 is 1.00 bits per heavy atom. The number of hydrogen-bond acceptors (Lipinski definition) is 4. The molecule has 0 amide bonds. The van der Waals surface area contributed by atoms with Crippen molar-refractivity contribution in [1.29, 1.82) is 0 Å². The van der Waals surface area contributed by atoms with E-state index in [4.69, 9.17) is 0 Å². The molecular formula is C4H8N2O2. The normalized spacial score (nSPS) is 16.8. The molecule has 0 bridgehead atoms. The highest BCUT2D eigenvalue weighted by atomic mass is 16.3. The zero-order chi connectivity index (χ0) is 6.57. The second-order valence-corrected chi connectivity index (χ2v) is 1.69. The predicted molar refractivity (Wildman–Crippen MR) is 30.5 cm³/mol. The topological polar surface area (TPSA) is 58.9 Å². The third-order valence-electron chi connectivity index (χ3n) is 1.03. The zero-order valence-corrected chi connectivity index (χ0v) is 4.87. The molecule has 0 fully saturated rings. The summed E-state index contributed by atoms with van der Waals surface area (Å²) in [5, 5.41) is 5.23. The smallest absolute Gasteiger partial charge is 0.115 e. The summed E-state index contributed by atoms with van der Waals surface area (Å²) in [6, 6.07) is -0.986. The second kappa shape index (κ2) is 3.23. The van der Waals surface area contributed by atoms with Gasteiger partial charge in [-0.3, -0.25) is 0 Å². The van der Waals surface area contributed by atoms with Gasteiger partial charge in [-0.25, -0.2) is 0 Å². The van der Waals surface area contributed by atoms with Crippen LogP contribution in [0.5, 0.6) is 0 Å². The Morgan fingerprint density at radius 3 is 1.38 bits per heavy atom. The molecule has 8 heavy (non-hydrogen) atoms. The molecule has 46 valence electrons. The van der Waals surface area contributed by atoms with Gasteiger partial charge in [0, 0.05) is 0 Å². The van der Waals surface area contributed by atoms with E-state index in [1.54, 1.807) is 13.8 Å². The molecular weight excluding hydrogens is 108 g/mol. The fourth-order valence-corrected chi connectivity index (χ4v) is 0.176. The van der Waals surface area contributed by atoms with Crippen molar-refractivity contribution < 1.29 is 0 Å². The molecule has 0 heterocycles. The van der Waals surface area contributed by atoms with E-state index in [0.717, 1.165) is 0 Å². The van der Waals surface area contributed by atoms with Gasteiger partial charge in [0.15, 0.2) is 0 Å². The van der Waals surface area contributed by atoms with Gasteiger partial charge < -0.3 is 0 Å². The van der Waals surface area contributed by atoms with Crippen molar-refractivity contribution in [2.75, 3.05) is 0 Å². The van der Waals surface area contributed by atoms with Gasteiger partial charge in [-0.1, -0.05) is 10.4 Å². The van der Waals surface area contributed by atoms with Crippen molar-refractivity contribution in [3.8, 4) is 0 Å². The van der Waals surface area contributed by atoms with Crippen molar-refractivity contribution in [1.82, 2.24) is 0 Å². The van der Waals surface area contributed by atoms with Crippen LogP contribution in [-0.2, 0) is 0 Å². The van der Waals surface area contributed by atoms with E-state index in [1.807, 2.05) is 0 Å². The third-order valence-corrected chi connectivity index (χ3v) is 1.03. The van der Waals surface area contributed by atoms with Crippen molar-refractivity contribution >= 4 is 0 Å². The molecule has 4 heteroatoms. The first-order valence-corrected chi connectivity index (χ1v) is 2.37. The largest absolute Gasteiger partial charge is 0.150 e. The Hall–Kier alpha value is -0.800. The average molecular weight is 116 g/mol. The van der Waals surface area contributed by atoms with Crippen molar-refractivity contribution in [3.05, 3.63) is 9.81 Å². The van der Waals surface area contributed by atoms with E-state index in [0.29, 0.717) is 0 Å². The lowest BCUT2D eigenvalue weighted by Crippen LogP contribution is -2.13. The summed E-state index contributed by atoms with van der Waals surface area (Å²) < 4.78 is 0. The van der Waals surface area contributed by atoms with Gasteiger partial charge in [0.1, 0.15) is 12.1 Å². The highest BCUT2D eigenvalue weighted by molar-refractivity contribution is 4.71. The fourth-order valence-electron chi connectivity index (χ4n) is 0.176. The van der Waals surface area contributed by atoms with Gasteiger partial charge in [0.25, 0.3) is 0 Å². The number of rotatable bonds is 3. The first-order valence-electron chi connectivity index (χ1n) is 2.37. The first kappa shape index (κ1) is 7.20. The average Bonchev–Trinajstić information content (AvgIpc) is 1.84. The van der Waals surface area contributed by atoms with Crippen LogP contribution in [0.2, 0.25) is 0 Å². The van der Waals surface area contributed by atoms with Gasteiger partial charge in [-0.15, -0.1) is 0 Å². The molecule has 0 aromatic heterocycles.